The summed E-state index contributed by atoms with van der Waals surface area (Å²) in [6, 6.07) is 13.1. The van der Waals surface area contributed by atoms with Gasteiger partial charge in [-0.25, -0.2) is 4.98 Å². The molecule has 0 unspecified atom stereocenters. The lowest BCUT2D eigenvalue weighted by molar-refractivity contribution is -0.146. The van der Waals surface area contributed by atoms with E-state index in [0.29, 0.717) is 30.5 Å². The summed E-state index contributed by atoms with van der Waals surface area (Å²) in [5.41, 5.74) is 0. The van der Waals surface area contributed by atoms with Crippen molar-refractivity contribution in [3.05, 3.63) is 48.7 Å². The van der Waals surface area contributed by atoms with Gasteiger partial charge in [0, 0.05) is 38.2 Å². The Labute approximate surface area is 152 Å². The van der Waals surface area contributed by atoms with E-state index in [1.54, 1.807) is 6.20 Å². The van der Waals surface area contributed by atoms with Crippen LogP contribution in [0.4, 0.5) is 0 Å². The largest absolute Gasteiger partial charge is 0.482 e. The van der Waals surface area contributed by atoms with Crippen LogP contribution in [-0.2, 0) is 4.79 Å². The van der Waals surface area contributed by atoms with Crippen LogP contribution in [0.5, 0.6) is 17.4 Å². The fourth-order valence-corrected chi connectivity index (χ4v) is 3.35. The summed E-state index contributed by atoms with van der Waals surface area (Å²) in [6.45, 7) is 3.16. The third-order valence-corrected chi connectivity index (χ3v) is 4.76. The maximum Gasteiger partial charge on any atom is 0.267 e. The topological polar surface area (TPSA) is 60.9 Å². The molecule has 6 nitrogen and oxygen atoms in total. The van der Waals surface area contributed by atoms with E-state index >= 15 is 0 Å². The van der Waals surface area contributed by atoms with Crippen LogP contribution in [0.1, 0.15) is 19.8 Å². The first-order valence-corrected chi connectivity index (χ1v) is 8.99. The van der Waals surface area contributed by atoms with E-state index in [-0.39, 0.29) is 18.1 Å². The van der Waals surface area contributed by atoms with Crippen molar-refractivity contribution < 1.29 is 19.0 Å². The number of ether oxygens (including phenoxy) is 3. The van der Waals surface area contributed by atoms with Crippen LogP contribution in [-0.4, -0.2) is 47.2 Å². The Morgan fingerprint density at radius 3 is 2.46 bits per heavy atom. The number of nitrogens with zero attached hydrogens (tertiary/aromatic N) is 2. The molecule has 1 fully saturated rings. The van der Waals surface area contributed by atoms with Gasteiger partial charge in [0.05, 0.1) is 0 Å². The Kier molecular flexibility index (Phi) is 4.65. The van der Waals surface area contributed by atoms with Crippen LogP contribution in [0.3, 0.4) is 0 Å². The summed E-state index contributed by atoms with van der Waals surface area (Å²) in [5.74, 6) is 1.92. The smallest absolute Gasteiger partial charge is 0.267 e. The highest BCUT2D eigenvalue weighted by Gasteiger charge is 2.38. The Hall–Kier alpha value is -2.76. The zero-order chi connectivity index (χ0) is 17.9. The average molecular weight is 354 g/mol. The van der Waals surface area contributed by atoms with Gasteiger partial charge < -0.3 is 19.1 Å². The summed E-state index contributed by atoms with van der Waals surface area (Å²) >= 11 is 0. The molecule has 0 radical (unpaired) electrons. The number of aromatic nitrogens is 1. The normalized spacial score (nSPS) is 22.7. The second kappa shape index (κ2) is 7.23. The molecular formula is C20H22N2O4. The fraction of sp³-hybridized carbons (Fsp3) is 0.400. The van der Waals surface area contributed by atoms with Crippen molar-refractivity contribution in [2.45, 2.75) is 38.1 Å². The lowest BCUT2D eigenvalue weighted by Crippen LogP contribution is -2.53. The second-order valence-electron chi connectivity index (χ2n) is 6.62. The molecule has 1 aromatic carbocycles. The van der Waals surface area contributed by atoms with Crippen molar-refractivity contribution in [2.24, 2.45) is 0 Å². The predicted octanol–water partition coefficient (Wildman–Crippen LogP) is 2.68. The minimum Gasteiger partial charge on any atom is -0.482 e. The van der Waals surface area contributed by atoms with E-state index in [4.69, 9.17) is 14.2 Å². The molecule has 0 aliphatic carbocycles. The van der Waals surface area contributed by atoms with Crippen LogP contribution >= 0.6 is 0 Å². The van der Waals surface area contributed by atoms with Gasteiger partial charge in [-0.05, 0) is 25.1 Å². The zero-order valence-electron chi connectivity index (χ0n) is 14.7. The Bertz CT molecular complexity index is 759. The monoisotopic (exact) mass is 354 g/mol. The highest BCUT2D eigenvalue weighted by atomic mass is 16.6. The number of hydrogen-bond acceptors (Lipinski definition) is 5. The molecule has 0 saturated carbocycles. The first-order valence-electron chi connectivity index (χ1n) is 8.99. The summed E-state index contributed by atoms with van der Waals surface area (Å²) in [4.78, 5) is 18.9. The van der Waals surface area contributed by atoms with Gasteiger partial charge in [0.25, 0.3) is 5.91 Å². The molecule has 2 aromatic rings. The molecule has 1 aromatic heterocycles. The zero-order valence-corrected chi connectivity index (χ0v) is 14.7. The number of carbonyl (C=O) groups excluding carboxylic acids is 1. The molecule has 0 bridgehead atoms. The standard InChI is InChI=1S/C20H22N2O4/c1-14-19(26-17-7-3-2-6-16(17)24-14)20(23)22-12-9-15(10-13-22)25-18-8-4-5-11-21-18/h2-8,11,14-15,19H,9-10,12-13H2,1H3/t14-,19+/m0/s1. The third-order valence-electron chi connectivity index (χ3n) is 4.76. The molecule has 0 N–H and O–H groups in total. The number of carbonyl (C=O) groups is 1. The number of rotatable bonds is 3. The van der Waals surface area contributed by atoms with E-state index < -0.39 is 6.10 Å². The van der Waals surface area contributed by atoms with E-state index in [9.17, 15) is 4.79 Å². The Morgan fingerprint density at radius 2 is 1.77 bits per heavy atom. The number of pyridine rings is 1. The Balaban J connectivity index is 1.35. The van der Waals surface area contributed by atoms with Gasteiger partial charge >= 0.3 is 0 Å². The van der Waals surface area contributed by atoms with Gasteiger partial charge in [-0.2, -0.15) is 0 Å². The lowest BCUT2D eigenvalue weighted by atomic mass is 10.1. The van der Waals surface area contributed by atoms with Gasteiger partial charge in [-0.3, -0.25) is 4.79 Å². The lowest BCUT2D eigenvalue weighted by Gasteiger charge is -2.37. The van der Waals surface area contributed by atoms with E-state index in [2.05, 4.69) is 4.98 Å². The summed E-state index contributed by atoms with van der Waals surface area (Å²) in [7, 11) is 0. The summed E-state index contributed by atoms with van der Waals surface area (Å²) in [6.07, 6.45) is 2.42. The van der Waals surface area contributed by atoms with Gasteiger partial charge in [0.2, 0.25) is 12.0 Å². The minimum atomic E-state index is -0.613. The van der Waals surface area contributed by atoms with E-state index in [1.807, 2.05) is 54.3 Å². The first-order chi connectivity index (χ1) is 12.7. The van der Waals surface area contributed by atoms with Crippen LogP contribution in [0.15, 0.2) is 48.7 Å². The molecule has 2 aliphatic heterocycles. The number of amides is 1. The highest BCUT2D eigenvalue weighted by Crippen LogP contribution is 2.34. The highest BCUT2D eigenvalue weighted by molar-refractivity contribution is 5.82. The molecule has 6 heteroatoms. The molecule has 1 amide bonds. The molecule has 2 aliphatic rings. The van der Waals surface area contributed by atoms with Gasteiger partial charge in [-0.15, -0.1) is 0 Å². The van der Waals surface area contributed by atoms with Gasteiger partial charge in [0.1, 0.15) is 12.2 Å². The molecular weight excluding hydrogens is 332 g/mol. The van der Waals surface area contributed by atoms with Crippen molar-refractivity contribution in [2.75, 3.05) is 13.1 Å². The summed E-state index contributed by atoms with van der Waals surface area (Å²) < 4.78 is 17.7. The third kappa shape index (κ3) is 3.45. The molecule has 136 valence electrons. The number of para-hydroxylation sites is 2. The van der Waals surface area contributed by atoms with E-state index in [0.717, 1.165) is 12.8 Å². The second-order valence-corrected chi connectivity index (χ2v) is 6.62. The maximum absolute atomic E-state index is 12.9. The van der Waals surface area contributed by atoms with Crippen molar-refractivity contribution >= 4 is 5.91 Å². The van der Waals surface area contributed by atoms with Crippen molar-refractivity contribution in [3.63, 3.8) is 0 Å². The molecule has 2 atom stereocenters. The predicted molar refractivity (Wildman–Crippen MR) is 95.4 cm³/mol. The van der Waals surface area contributed by atoms with E-state index in [1.165, 1.54) is 0 Å². The van der Waals surface area contributed by atoms with Crippen molar-refractivity contribution in [3.8, 4) is 17.4 Å². The molecule has 3 heterocycles. The van der Waals surface area contributed by atoms with Gasteiger partial charge in [-0.1, -0.05) is 18.2 Å². The van der Waals surface area contributed by atoms with Crippen LogP contribution in [0, 0.1) is 0 Å². The number of likely N-dealkylation sites (tertiary alicyclic amines) is 1. The molecule has 26 heavy (non-hydrogen) atoms. The maximum atomic E-state index is 12.9. The molecule has 4 rings (SSSR count). The van der Waals surface area contributed by atoms with Crippen LogP contribution in [0.2, 0.25) is 0 Å². The number of hydrogen-bond donors (Lipinski definition) is 0. The Morgan fingerprint density at radius 1 is 1.08 bits per heavy atom. The average Bonchev–Trinajstić information content (AvgIpc) is 2.68. The van der Waals surface area contributed by atoms with Gasteiger partial charge in [0.15, 0.2) is 11.5 Å². The number of piperidine rings is 1. The fourth-order valence-electron chi connectivity index (χ4n) is 3.35. The van der Waals surface area contributed by atoms with Crippen molar-refractivity contribution in [1.82, 2.24) is 9.88 Å². The minimum absolute atomic E-state index is 0.0247. The van der Waals surface area contributed by atoms with Crippen LogP contribution < -0.4 is 14.2 Å². The summed E-state index contributed by atoms with van der Waals surface area (Å²) in [5, 5.41) is 0. The SMILES string of the molecule is C[C@@H]1Oc2ccccc2O[C@H]1C(=O)N1CCC(Oc2ccccn2)CC1. The van der Waals surface area contributed by atoms with Crippen molar-refractivity contribution in [1.29, 1.82) is 0 Å². The quantitative estimate of drug-likeness (QED) is 0.848. The number of fused-ring (bicyclic) bond motifs is 1. The van der Waals surface area contributed by atoms with Crippen LogP contribution in [0.25, 0.3) is 0 Å². The molecule has 1 saturated heterocycles. The molecule has 0 spiro atoms. The first kappa shape index (κ1) is 16.7. The number of benzene rings is 1.